The van der Waals surface area contributed by atoms with E-state index in [1.54, 1.807) is 0 Å². The molecule has 0 unspecified atom stereocenters. The Morgan fingerprint density at radius 2 is 2.00 bits per heavy atom. The van der Waals surface area contributed by atoms with Crippen LogP contribution in [0.15, 0.2) is 46.9 Å². The van der Waals surface area contributed by atoms with Gasteiger partial charge in [-0.2, -0.15) is 0 Å². The van der Waals surface area contributed by atoms with Crippen LogP contribution in [0.3, 0.4) is 0 Å². The molecule has 1 aromatic carbocycles. The maximum Gasteiger partial charge on any atom is 0.237 e. The normalized spacial score (nSPS) is 12.1. The quantitative estimate of drug-likeness (QED) is 0.846. The summed E-state index contributed by atoms with van der Waals surface area (Å²) in [6.07, 6.45) is 1.43. The van der Waals surface area contributed by atoms with E-state index in [4.69, 9.17) is 10.2 Å². The molecule has 0 aliphatic heterocycles. The molecule has 0 aliphatic carbocycles. The molecule has 1 heterocycles. The van der Waals surface area contributed by atoms with Gasteiger partial charge in [0.2, 0.25) is 5.91 Å². The van der Waals surface area contributed by atoms with E-state index < -0.39 is 6.04 Å². The summed E-state index contributed by atoms with van der Waals surface area (Å²) in [6.45, 7) is 2.25. The van der Waals surface area contributed by atoms with E-state index >= 15 is 0 Å². The summed E-state index contributed by atoms with van der Waals surface area (Å²) >= 11 is 0. The third-order valence-electron chi connectivity index (χ3n) is 3.16. The molecule has 0 radical (unpaired) electrons. The number of hydrogen-bond donors (Lipinski definition) is 2. The largest absolute Gasteiger partial charge is 0.465 e. The van der Waals surface area contributed by atoms with Crippen LogP contribution in [0.2, 0.25) is 0 Å². The Morgan fingerprint density at radius 1 is 1.25 bits per heavy atom. The van der Waals surface area contributed by atoms with E-state index in [2.05, 4.69) is 5.32 Å². The summed E-state index contributed by atoms with van der Waals surface area (Å²) in [4.78, 5) is 11.9. The van der Waals surface area contributed by atoms with Gasteiger partial charge in [-0.1, -0.05) is 30.3 Å². The van der Waals surface area contributed by atoms with E-state index in [1.807, 2.05) is 49.4 Å². The average molecular weight is 272 g/mol. The van der Waals surface area contributed by atoms with Crippen LogP contribution in [-0.4, -0.2) is 11.9 Å². The minimum Gasteiger partial charge on any atom is -0.465 e. The van der Waals surface area contributed by atoms with Gasteiger partial charge in [0.1, 0.15) is 11.5 Å². The molecule has 0 aliphatic rings. The molecular formula is C16H20N2O2. The van der Waals surface area contributed by atoms with E-state index in [1.165, 1.54) is 5.56 Å². The lowest BCUT2D eigenvalue weighted by molar-refractivity contribution is -0.122. The predicted molar refractivity (Wildman–Crippen MR) is 78.0 cm³/mol. The zero-order valence-corrected chi connectivity index (χ0v) is 11.6. The van der Waals surface area contributed by atoms with Gasteiger partial charge < -0.3 is 15.5 Å². The monoisotopic (exact) mass is 272 g/mol. The van der Waals surface area contributed by atoms with Crippen LogP contribution in [-0.2, 0) is 17.8 Å². The number of hydrogen-bond acceptors (Lipinski definition) is 3. The minimum atomic E-state index is -0.494. The van der Waals surface area contributed by atoms with Gasteiger partial charge in [0.05, 0.1) is 12.6 Å². The molecule has 4 nitrogen and oxygen atoms in total. The Hall–Kier alpha value is -2.07. The molecule has 0 fully saturated rings. The van der Waals surface area contributed by atoms with Gasteiger partial charge >= 0.3 is 0 Å². The van der Waals surface area contributed by atoms with Crippen LogP contribution < -0.4 is 11.1 Å². The Kier molecular flexibility index (Phi) is 4.96. The standard InChI is InChI=1S/C16H20N2O2/c1-12-7-9-14(20-12)11-18-16(19)15(17)10-8-13-5-3-2-4-6-13/h2-7,9,15H,8,10-11,17H2,1H3,(H,18,19)/t15-/m0/s1. The fourth-order valence-corrected chi connectivity index (χ4v) is 1.98. The highest BCUT2D eigenvalue weighted by atomic mass is 16.3. The van der Waals surface area contributed by atoms with Crippen LogP contribution in [0, 0.1) is 6.92 Å². The molecule has 0 bridgehead atoms. The molecule has 4 heteroatoms. The van der Waals surface area contributed by atoms with Crippen molar-refractivity contribution in [1.82, 2.24) is 5.32 Å². The summed E-state index contributed by atoms with van der Waals surface area (Å²) in [7, 11) is 0. The molecule has 0 saturated carbocycles. The summed E-state index contributed by atoms with van der Waals surface area (Å²) < 4.78 is 5.39. The first kappa shape index (κ1) is 14.3. The molecule has 106 valence electrons. The van der Waals surface area contributed by atoms with Crippen molar-refractivity contribution in [3.05, 3.63) is 59.5 Å². The van der Waals surface area contributed by atoms with E-state index in [0.717, 1.165) is 17.9 Å². The highest BCUT2D eigenvalue weighted by Gasteiger charge is 2.13. The molecule has 0 spiro atoms. The van der Waals surface area contributed by atoms with E-state index in [-0.39, 0.29) is 5.91 Å². The van der Waals surface area contributed by atoms with Gasteiger partial charge in [0.15, 0.2) is 0 Å². The smallest absolute Gasteiger partial charge is 0.237 e. The maximum absolute atomic E-state index is 11.9. The van der Waals surface area contributed by atoms with Crippen LogP contribution in [0.1, 0.15) is 23.5 Å². The first-order chi connectivity index (χ1) is 9.65. The van der Waals surface area contributed by atoms with Gasteiger partial charge in [0.25, 0.3) is 0 Å². The number of nitrogens with one attached hydrogen (secondary N) is 1. The van der Waals surface area contributed by atoms with Crippen molar-refractivity contribution in [3.8, 4) is 0 Å². The highest BCUT2D eigenvalue weighted by Crippen LogP contribution is 2.06. The van der Waals surface area contributed by atoms with Crippen LogP contribution in [0.25, 0.3) is 0 Å². The zero-order valence-electron chi connectivity index (χ0n) is 11.6. The number of nitrogens with two attached hydrogens (primary N) is 1. The summed E-state index contributed by atoms with van der Waals surface area (Å²) in [6, 6.07) is 13.3. The van der Waals surface area contributed by atoms with Crippen molar-refractivity contribution in [2.75, 3.05) is 0 Å². The number of aryl methyl sites for hydroxylation is 2. The topological polar surface area (TPSA) is 68.3 Å². The van der Waals surface area contributed by atoms with Crippen molar-refractivity contribution in [2.24, 2.45) is 5.73 Å². The van der Waals surface area contributed by atoms with Crippen molar-refractivity contribution in [2.45, 2.75) is 32.4 Å². The SMILES string of the molecule is Cc1ccc(CNC(=O)[C@@H](N)CCc2ccccc2)o1. The number of furan rings is 1. The first-order valence-electron chi connectivity index (χ1n) is 6.77. The number of benzene rings is 1. The lowest BCUT2D eigenvalue weighted by atomic mass is 10.1. The second-order valence-corrected chi connectivity index (χ2v) is 4.86. The van der Waals surface area contributed by atoms with Gasteiger partial charge in [-0.25, -0.2) is 0 Å². The van der Waals surface area contributed by atoms with Crippen LogP contribution in [0.4, 0.5) is 0 Å². The fourth-order valence-electron chi connectivity index (χ4n) is 1.98. The van der Waals surface area contributed by atoms with Crippen molar-refractivity contribution >= 4 is 5.91 Å². The Balaban J connectivity index is 1.74. The molecule has 1 atom stereocenters. The van der Waals surface area contributed by atoms with E-state index in [0.29, 0.717) is 13.0 Å². The van der Waals surface area contributed by atoms with E-state index in [9.17, 15) is 4.79 Å². The number of amides is 1. The van der Waals surface area contributed by atoms with Crippen molar-refractivity contribution < 1.29 is 9.21 Å². The van der Waals surface area contributed by atoms with Gasteiger partial charge in [0, 0.05) is 0 Å². The summed E-state index contributed by atoms with van der Waals surface area (Å²) in [5.41, 5.74) is 7.08. The lowest BCUT2D eigenvalue weighted by Gasteiger charge is -2.11. The number of carbonyl (C=O) groups excluding carboxylic acids is 1. The molecule has 3 N–H and O–H groups in total. The highest BCUT2D eigenvalue weighted by molar-refractivity contribution is 5.81. The molecule has 2 aromatic rings. The molecule has 0 saturated heterocycles. The predicted octanol–water partition coefficient (Wildman–Crippen LogP) is 2.16. The van der Waals surface area contributed by atoms with Crippen LogP contribution in [0.5, 0.6) is 0 Å². The summed E-state index contributed by atoms with van der Waals surface area (Å²) in [5, 5.41) is 2.79. The molecule has 20 heavy (non-hydrogen) atoms. The van der Waals surface area contributed by atoms with Gasteiger partial charge in [-0.3, -0.25) is 4.79 Å². The Bertz CT molecular complexity index is 549. The Labute approximate surface area is 119 Å². The zero-order chi connectivity index (χ0) is 14.4. The summed E-state index contributed by atoms with van der Waals surface area (Å²) in [5.74, 6) is 1.43. The van der Waals surface area contributed by atoms with Crippen molar-refractivity contribution in [1.29, 1.82) is 0 Å². The average Bonchev–Trinajstić information content (AvgIpc) is 2.89. The van der Waals surface area contributed by atoms with Gasteiger partial charge in [-0.15, -0.1) is 0 Å². The maximum atomic E-state index is 11.9. The second-order valence-electron chi connectivity index (χ2n) is 4.86. The third-order valence-corrected chi connectivity index (χ3v) is 3.16. The van der Waals surface area contributed by atoms with Crippen LogP contribution >= 0.6 is 0 Å². The molecule has 1 aromatic heterocycles. The van der Waals surface area contributed by atoms with Gasteiger partial charge in [-0.05, 0) is 37.5 Å². The number of rotatable bonds is 6. The molecule has 1 amide bonds. The minimum absolute atomic E-state index is 0.144. The lowest BCUT2D eigenvalue weighted by Crippen LogP contribution is -2.40. The molecule has 2 rings (SSSR count). The third kappa shape index (κ3) is 4.24. The van der Waals surface area contributed by atoms with Crippen molar-refractivity contribution in [3.63, 3.8) is 0 Å². The number of carbonyl (C=O) groups is 1. The second kappa shape index (κ2) is 6.91. The molecular weight excluding hydrogens is 252 g/mol. The fraction of sp³-hybridized carbons (Fsp3) is 0.312. The first-order valence-corrected chi connectivity index (χ1v) is 6.77. The Morgan fingerprint density at radius 3 is 2.65 bits per heavy atom.